The minimum absolute atomic E-state index is 0.106. The lowest BCUT2D eigenvalue weighted by Crippen LogP contribution is -2.24. The Morgan fingerprint density at radius 3 is 2.59 bits per heavy atom. The van der Waals surface area contributed by atoms with Gasteiger partial charge < -0.3 is 15.0 Å². The highest BCUT2D eigenvalue weighted by molar-refractivity contribution is 5.92. The normalized spacial score (nSPS) is 10.2. The molecule has 1 amide bonds. The van der Waals surface area contributed by atoms with E-state index in [0.29, 0.717) is 12.2 Å². The van der Waals surface area contributed by atoms with Gasteiger partial charge >= 0.3 is 0 Å². The van der Waals surface area contributed by atoms with Crippen molar-refractivity contribution in [3.05, 3.63) is 53.9 Å². The summed E-state index contributed by atoms with van der Waals surface area (Å²) < 4.78 is 1.77. The van der Waals surface area contributed by atoms with Gasteiger partial charge in [0.15, 0.2) is 0 Å². The highest BCUT2D eigenvalue weighted by Gasteiger charge is 2.07. The summed E-state index contributed by atoms with van der Waals surface area (Å²) >= 11 is 0. The van der Waals surface area contributed by atoms with Crippen LogP contribution in [0.2, 0.25) is 0 Å². The molecule has 0 saturated carbocycles. The second-order valence-electron chi connectivity index (χ2n) is 3.85. The largest absolute Gasteiger partial charge is 0.508 e. The van der Waals surface area contributed by atoms with Crippen molar-refractivity contribution in [2.24, 2.45) is 7.05 Å². The van der Waals surface area contributed by atoms with Gasteiger partial charge in [-0.3, -0.25) is 4.79 Å². The Labute approximate surface area is 99.5 Å². The number of nitrogens with one attached hydrogen (secondary N) is 1. The number of phenolic OH excluding ortho intramolecular Hbond substituents is 1. The van der Waals surface area contributed by atoms with Gasteiger partial charge in [0.05, 0.1) is 0 Å². The van der Waals surface area contributed by atoms with Gasteiger partial charge in [0.25, 0.3) is 5.91 Å². The molecule has 88 valence electrons. The Balaban J connectivity index is 1.97. The summed E-state index contributed by atoms with van der Waals surface area (Å²) in [5, 5.41) is 12.0. The first kappa shape index (κ1) is 11.3. The molecule has 1 aromatic heterocycles. The molecular formula is C13H14N2O2. The van der Waals surface area contributed by atoms with E-state index in [9.17, 15) is 4.79 Å². The predicted octanol–water partition coefficient (Wildman–Crippen LogP) is 1.66. The molecule has 2 N–H and O–H groups in total. The molecule has 0 radical (unpaired) electrons. The fourth-order valence-electron chi connectivity index (χ4n) is 1.58. The number of nitrogens with zero attached hydrogens (tertiary/aromatic N) is 1. The van der Waals surface area contributed by atoms with E-state index in [2.05, 4.69) is 5.32 Å². The summed E-state index contributed by atoms with van der Waals surface area (Å²) in [7, 11) is 1.83. The second-order valence-corrected chi connectivity index (χ2v) is 3.85. The van der Waals surface area contributed by atoms with Crippen molar-refractivity contribution in [3.8, 4) is 5.75 Å². The van der Waals surface area contributed by atoms with Gasteiger partial charge in [-0.1, -0.05) is 12.1 Å². The van der Waals surface area contributed by atoms with Gasteiger partial charge in [0, 0.05) is 19.8 Å². The first-order valence-electron chi connectivity index (χ1n) is 5.34. The van der Waals surface area contributed by atoms with Crippen LogP contribution in [0.4, 0.5) is 0 Å². The zero-order valence-corrected chi connectivity index (χ0v) is 9.55. The maximum atomic E-state index is 11.8. The van der Waals surface area contributed by atoms with Crippen molar-refractivity contribution in [3.63, 3.8) is 0 Å². The van der Waals surface area contributed by atoms with Crippen LogP contribution in [0, 0.1) is 0 Å². The molecule has 0 unspecified atom stereocenters. The van der Waals surface area contributed by atoms with E-state index in [4.69, 9.17) is 5.11 Å². The van der Waals surface area contributed by atoms with Crippen molar-refractivity contribution in [2.45, 2.75) is 6.54 Å². The van der Waals surface area contributed by atoms with Crippen molar-refractivity contribution >= 4 is 5.91 Å². The monoisotopic (exact) mass is 230 g/mol. The second kappa shape index (κ2) is 4.74. The summed E-state index contributed by atoms with van der Waals surface area (Å²) in [6.07, 6.45) is 1.83. The maximum absolute atomic E-state index is 11.8. The van der Waals surface area contributed by atoms with Gasteiger partial charge in [-0.15, -0.1) is 0 Å². The molecule has 2 rings (SSSR count). The van der Waals surface area contributed by atoms with Gasteiger partial charge in [-0.2, -0.15) is 0 Å². The average Bonchev–Trinajstić information content (AvgIpc) is 2.74. The molecule has 0 aliphatic rings. The van der Waals surface area contributed by atoms with Gasteiger partial charge in [-0.05, 0) is 29.8 Å². The van der Waals surface area contributed by atoms with Crippen LogP contribution in [-0.2, 0) is 13.6 Å². The number of rotatable bonds is 3. The number of carbonyl (C=O) groups is 1. The van der Waals surface area contributed by atoms with Crippen LogP contribution in [-0.4, -0.2) is 15.6 Å². The molecule has 0 saturated heterocycles. The number of carbonyl (C=O) groups excluding carboxylic acids is 1. The zero-order chi connectivity index (χ0) is 12.3. The molecule has 0 aliphatic carbocycles. The Bertz CT molecular complexity index is 514. The lowest BCUT2D eigenvalue weighted by Gasteiger charge is -2.06. The summed E-state index contributed by atoms with van der Waals surface area (Å²) in [5.41, 5.74) is 1.58. The molecule has 4 nitrogen and oxygen atoms in total. The highest BCUT2D eigenvalue weighted by atomic mass is 16.3. The quantitative estimate of drug-likeness (QED) is 0.842. The van der Waals surface area contributed by atoms with Gasteiger partial charge in [0.2, 0.25) is 0 Å². The first-order chi connectivity index (χ1) is 8.16. The van der Waals surface area contributed by atoms with Crippen LogP contribution in [0.25, 0.3) is 0 Å². The van der Waals surface area contributed by atoms with E-state index >= 15 is 0 Å². The molecule has 0 fully saturated rings. The summed E-state index contributed by atoms with van der Waals surface area (Å²) in [4.78, 5) is 11.8. The lowest BCUT2D eigenvalue weighted by molar-refractivity contribution is 0.0943. The number of aromatic hydroxyl groups is 1. The molecule has 4 heteroatoms. The third kappa shape index (κ3) is 2.66. The average molecular weight is 230 g/mol. The fraction of sp³-hybridized carbons (Fsp3) is 0.154. The first-order valence-corrected chi connectivity index (χ1v) is 5.34. The van der Waals surface area contributed by atoms with Crippen LogP contribution in [0.3, 0.4) is 0 Å². The molecule has 0 aliphatic heterocycles. The molecule has 2 aromatic rings. The van der Waals surface area contributed by atoms with E-state index in [1.165, 1.54) is 0 Å². The van der Waals surface area contributed by atoms with E-state index < -0.39 is 0 Å². The molecule has 0 bridgehead atoms. The predicted molar refractivity (Wildman–Crippen MR) is 64.7 cm³/mol. The summed E-state index contributed by atoms with van der Waals surface area (Å²) in [5.74, 6) is 0.119. The molecule has 0 spiro atoms. The molecule has 1 aromatic carbocycles. The highest BCUT2D eigenvalue weighted by Crippen LogP contribution is 2.09. The number of aromatic nitrogens is 1. The van der Waals surface area contributed by atoms with Crippen molar-refractivity contribution < 1.29 is 9.90 Å². The number of hydrogen-bond acceptors (Lipinski definition) is 2. The standard InChI is InChI=1S/C13H14N2O2/c1-15-8-2-3-12(15)13(17)14-9-10-4-6-11(16)7-5-10/h2-8,16H,9H2,1H3,(H,14,17). The third-order valence-electron chi connectivity index (χ3n) is 2.57. The van der Waals surface area contributed by atoms with Crippen LogP contribution in [0.1, 0.15) is 16.1 Å². The molecular weight excluding hydrogens is 216 g/mol. The summed E-state index contributed by atoms with van der Waals surface area (Å²) in [6, 6.07) is 10.4. The topological polar surface area (TPSA) is 54.3 Å². The third-order valence-corrected chi connectivity index (χ3v) is 2.57. The number of benzene rings is 1. The number of aryl methyl sites for hydroxylation is 1. The number of amides is 1. The molecule has 17 heavy (non-hydrogen) atoms. The zero-order valence-electron chi connectivity index (χ0n) is 9.55. The Kier molecular flexibility index (Phi) is 3.14. The number of hydrogen-bond donors (Lipinski definition) is 2. The van der Waals surface area contributed by atoms with E-state index in [1.54, 1.807) is 34.9 Å². The Morgan fingerprint density at radius 2 is 2.00 bits per heavy atom. The fourth-order valence-corrected chi connectivity index (χ4v) is 1.58. The van der Waals surface area contributed by atoms with E-state index in [0.717, 1.165) is 5.56 Å². The van der Waals surface area contributed by atoms with Crippen molar-refractivity contribution in [1.29, 1.82) is 0 Å². The van der Waals surface area contributed by atoms with E-state index in [1.807, 2.05) is 19.3 Å². The van der Waals surface area contributed by atoms with Crippen molar-refractivity contribution in [2.75, 3.05) is 0 Å². The van der Waals surface area contributed by atoms with Gasteiger partial charge in [0.1, 0.15) is 11.4 Å². The SMILES string of the molecule is Cn1cccc1C(=O)NCc1ccc(O)cc1. The molecule has 0 atom stereocenters. The smallest absolute Gasteiger partial charge is 0.268 e. The number of phenols is 1. The van der Waals surface area contributed by atoms with Crippen LogP contribution in [0.5, 0.6) is 5.75 Å². The minimum Gasteiger partial charge on any atom is -0.508 e. The van der Waals surface area contributed by atoms with Crippen LogP contribution >= 0.6 is 0 Å². The summed E-state index contributed by atoms with van der Waals surface area (Å²) in [6.45, 7) is 0.449. The Morgan fingerprint density at radius 1 is 1.29 bits per heavy atom. The lowest BCUT2D eigenvalue weighted by atomic mass is 10.2. The van der Waals surface area contributed by atoms with Crippen LogP contribution < -0.4 is 5.32 Å². The maximum Gasteiger partial charge on any atom is 0.268 e. The van der Waals surface area contributed by atoms with Gasteiger partial charge in [-0.25, -0.2) is 0 Å². The minimum atomic E-state index is -0.106. The Hall–Kier alpha value is -2.23. The van der Waals surface area contributed by atoms with Crippen LogP contribution in [0.15, 0.2) is 42.6 Å². The van der Waals surface area contributed by atoms with E-state index in [-0.39, 0.29) is 11.7 Å². The van der Waals surface area contributed by atoms with Crippen molar-refractivity contribution in [1.82, 2.24) is 9.88 Å². The molecule has 1 heterocycles.